The maximum atomic E-state index is 12.6. The van der Waals surface area contributed by atoms with Gasteiger partial charge in [-0.15, -0.1) is 0 Å². The number of amides is 2. The molecule has 22 heavy (non-hydrogen) atoms. The van der Waals surface area contributed by atoms with E-state index in [0.717, 1.165) is 16.5 Å². The van der Waals surface area contributed by atoms with E-state index in [9.17, 15) is 15.2 Å². The van der Waals surface area contributed by atoms with Gasteiger partial charge in [-0.25, -0.2) is 4.79 Å². The van der Waals surface area contributed by atoms with Crippen LogP contribution in [0.4, 0.5) is 10.5 Å². The van der Waals surface area contributed by atoms with E-state index < -0.39 is 6.10 Å². The van der Waals surface area contributed by atoms with Crippen LogP contribution in [0.25, 0.3) is 10.8 Å². The lowest BCUT2D eigenvalue weighted by molar-refractivity contribution is 0.144. The van der Waals surface area contributed by atoms with Gasteiger partial charge in [-0.3, -0.25) is 4.90 Å². The molecule has 2 amide bonds. The molecule has 2 aromatic rings. The van der Waals surface area contributed by atoms with Crippen LogP contribution in [-0.2, 0) is 0 Å². The molecule has 2 aliphatic heterocycles. The number of carbonyl (C=O) groups excluding carboxylic acids is 1. The standard InChI is InChI=1S/C17H15N3O2/c18-9-11-5-6-14(13-4-2-1-3-12(11)13)20-10-15-16(21)7-8-19(15)17(20)22/h1-6,15-16,21H,7-8,10H2/t15?,16-/m1/s1. The maximum Gasteiger partial charge on any atom is 0.324 e. The van der Waals surface area contributed by atoms with Crippen LogP contribution < -0.4 is 4.90 Å². The minimum atomic E-state index is -0.446. The van der Waals surface area contributed by atoms with Gasteiger partial charge in [0.2, 0.25) is 0 Å². The maximum absolute atomic E-state index is 12.6. The van der Waals surface area contributed by atoms with Gasteiger partial charge in [-0.2, -0.15) is 5.26 Å². The summed E-state index contributed by atoms with van der Waals surface area (Å²) < 4.78 is 0. The summed E-state index contributed by atoms with van der Waals surface area (Å²) in [6, 6.07) is 13.2. The fraction of sp³-hybridized carbons (Fsp3) is 0.294. The van der Waals surface area contributed by atoms with Gasteiger partial charge in [0, 0.05) is 17.3 Å². The quantitative estimate of drug-likeness (QED) is 0.875. The molecule has 0 aliphatic carbocycles. The first-order valence-corrected chi connectivity index (χ1v) is 7.39. The molecule has 5 heteroatoms. The molecule has 110 valence electrons. The molecule has 0 saturated carbocycles. The summed E-state index contributed by atoms with van der Waals surface area (Å²) in [6.07, 6.45) is 0.205. The number of hydrogen-bond acceptors (Lipinski definition) is 3. The molecule has 1 unspecified atom stereocenters. The monoisotopic (exact) mass is 293 g/mol. The Kier molecular flexibility index (Phi) is 2.81. The highest BCUT2D eigenvalue weighted by Crippen LogP contribution is 2.35. The van der Waals surface area contributed by atoms with Crippen molar-refractivity contribution in [3.63, 3.8) is 0 Å². The topological polar surface area (TPSA) is 67.6 Å². The van der Waals surface area contributed by atoms with Crippen LogP contribution in [-0.4, -0.2) is 41.3 Å². The van der Waals surface area contributed by atoms with E-state index in [0.29, 0.717) is 25.1 Å². The number of urea groups is 1. The minimum Gasteiger partial charge on any atom is -0.391 e. The molecule has 0 bridgehead atoms. The van der Waals surface area contributed by atoms with Gasteiger partial charge in [0.25, 0.3) is 0 Å². The molecule has 2 aromatic carbocycles. The van der Waals surface area contributed by atoms with Gasteiger partial charge >= 0.3 is 6.03 Å². The molecule has 0 radical (unpaired) electrons. The van der Waals surface area contributed by atoms with Crippen molar-refractivity contribution in [2.75, 3.05) is 18.0 Å². The van der Waals surface area contributed by atoms with Crippen LogP contribution in [0.15, 0.2) is 36.4 Å². The van der Waals surface area contributed by atoms with Gasteiger partial charge in [0.05, 0.1) is 36.0 Å². The van der Waals surface area contributed by atoms with Crippen LogP contribution in [0, 0.1) is 11.3 Å². The molecule has 0 spiro atoms. The van der Waals surface area contributed by atoms with Crippen LogP contribution in [0.2, 0.25) is 0 Å². The number of carbonyl (C=O) groups is 1. The number of nitriles is 1. The fourth-order valence-electron chi connectivity index (χ4n) is 3.53. The lowest BCUT2D eigenvalue weighted by Crippen LogP contribution is -2.32. The highest BCUT2D eigenvalue weighted by molar-refractivity contribution is 6.06. The van der Waals surface area contributed by atoms with Crippen molar-refractivity contribution >= 4 is 22.5 Å². The molecule has 1 N–H and O–H groups in total. The third-order valence-electron chi connectivity index (χ3n) is 4.67. The summed E-state index contributed by atoms with van der Waals surface area (Å²) in [5.74, 6) is 0. The zero-order chi connectivity index (χ0) is 15.3. The summed E-state index contributed by atoms with van der Waals surface area (Å²) >= 11 is 0. The first-order chi connectivity index (χ1) is 10.7. The lowest BCUT2D eigenvalue weighted by Gasteiger charge is -2.19. The molecular formula is C17H15N3O2. The van der Waals surface area contributed by atoms with Crippen LogP contribution in [0.5, 0.6) is 0 Å². The average Bonchev–Trinajstić information content (AvgIpc) is 3.07. The fourth-order valence-corrected chi connectivity index (χ4v) is 3.53. The summed E-state index contributed by atoms with van der Waals surface area (Å²) in [6.45, 7) is 1.10. The number of rotatable bonds is 1. The number of hydrogen-bond donors (Lipinski definition) is 1. The predicted octanol–water partition coefficient (Wildman–Crippen LogP) is 2.09. The number of nitrogens with zero attached hydrogens (tertiary/aromatic N) is 3. The summed E-state index contributed by atoms with van der Waals surface area (Å²) in [5, 5.41) is 21.0. The normalized spacial score (nSPS) is 23.9. The van der Waals surface area contributed by atoms with Crippen LogP contribution >= 0.6 is 0 Å². The van der Waals surface area contributed by atoms with Crippen molar-refractivity contribution < 1.29 is 9.90 Å². The minimum absolute atomic E-state index is 0.0589. The second-order valence-corrected chi connectivity index (χ2v) is 5.80. The molecule has 0 aromatic heterocycles. The molecule has 2 heterocycles. The van der Waals surface area contributed by atoms with Gasteiger partial charge in [0.1, 0.15) is 0 Å². The number of anilines is 1. The van der Waals surface area contributed by atoms with E-state index in [1.807, 2.05) is 30.3 Å². The van der Waals surface area contributed by atoms with E-state index in [4.69, 9.17) is 0 Å². The van der Waals surface area contributed by atoms with E-state index in [2.05, 4.69) is 6.07 Å². The largest absolute Gasteiger partial charge is 0.391 e. The molecular weight excluding hydrogens is 278 g/mol. The molecule has 2 saturated heterocycles. The number of fused-ring (bicyclic) bond motifs is 2. The summed E-state index contributed by atoms with van der Waals surface area (Å²) in [5.41, 5.74) is 1.41. The Balaban J connectivity index is 1.83. The van der Waals surface area contributed by atoms with Gasteiger partial charge in [0.15, 0.2) is 0 Å². The van der Waals surface area contributed by atoms with Crippen molar-refractivity contribution in [2.45, 2.75) is 18.6 Å². The highest BCUT2D eigenvalue weighted by atomic mass is 16.3. The number of benzene rings is 2. The Labute approximate surface area is 128 Å². The average molecular weight is 293 g/mol. The van der Waals surface area contributed by atoms with E-state index in [-0.39, 0.29) is 12.1 Å². The van der Waals surface area contributed by atoms with Gasteiger partial charge < -0.3 is 10.0 Å². The van der Waals surface area contributed by atoms with Crippen molar-refractivity contribution in [3.8, 4) is 6.07 Å². The molecule has 5 nitrogen and oxygen atoms in total. The van der Waals surface area contributed by atoms with Crippen molar-refractivity contribution in [3.05, 3.63) is 42.0 Å². The smallest absolute Gasteiger partial charge is 0.324 e. The second kappa shape index (κ2) is 4.72. The molecule has 2 atom stereocenters. The zero-order valence-corrected chi connectivity index (χ0v) is 11.9. The molecule has 2 aliphatic rings. The lowest BCUT2D eigenvalue weighted by atomic mass is 10.0. The second-order valence-electron chi connectivity index (χ2n) is 5.80. The zero-order valence-electron chi connectivity index (χ0n) is 11.9. The summed E-state index contributed by atoms with van der Waals surface area (Å²) in [4.78, 5) is 16.1. The molecule has 2 fully saturated rings. The van der Waals surface area contributed by atoms with E-state index in [1.54, 1.807) is 15.9 Å². The Morgan fingerprint density at radius 2 is 1.95 bits per heavy atom. The first-order valence-electron chi connectivity index (χ1n) is 7.39. The Morgan fingerprint density at radius 1 is 1.18 bits per heavy atom. The third kappa shape index (κ3) is 1.71. The van der Waals surface area contributed by atoms with E-state index >= 15 is 0 Å². The Hall–Kier alpha value is -2.58. The predicted molar refractivity (Wildman–Crippen MR) is 82.5 cm³/mol. The third-order valence-corrected chi connectivity index (χ3v) is 4.67. The SMILES string of the molecule is N#Cc1ccc(N2CC3[C@H](O)CCN3C2=O)c2ccccc12. The van der Waals surface area contributed by atoms with Crippen molar-refractivity contribution in [2.24, 2.45) is 0 Å². The molecule has 4 rings (SSSR count). The van der Waals surface area contributed by atoms with Crippen LogP contribution in [0.3, 0.4) is 0 Å². The van der Waals surface area contributed by atoms with Crippen molar-refractivity contribution in [1.82, 2.24) is 4.90 Å². The van der Waals surface area contributed by atoms with Gasteiger partial charge in [-0.05, 0) is 18.6 Å². The van der Waals surface area contributed by atoms with Gasteiger partial charge in [-0.1, -0.05) is 24.3 Å². The Bertz CT molecular complexity index is 811. The number of aliphatic hydroxyl groups excluding tert-OH is 1. The number of aliphatic hydroxyl groups is 1. The first kappa shape index (κ1) is 13.1. The van der Waals surface area contributed by atoms with Crippen LogP contribution in [0.1, 0.15) is 12.0 Å². The van der Waals surface area contributed by atoms with Crippen molar-refractivity contribution in [1.29, 1.82) is 5.26 Å². The van der Waals surface area contributed by atoms with E-state index in [1.165, 1.54) is 0 Å². The Morgan fingerprint density at radius 3 is 2.68 bits per heavy atom. The summed E-state index contributed by atoms with van der Waals surface area (Å²) in [7, 11) is 0. The highest BCUT2D eigenvalue weighted by Gasteiger charge is 2.45.